The van der Waals surface area contributed by atoms with Gasteiger partial charge < -0.3 is 10.2 Å². The minimum Gasteiger partial charge on any atom is -0.479 e. The molecule has 2 rings (SSSR count). The molecule has 1 aromatic carbocycles. The van der Waals surface area contributed by atoms with Gasteiger partial charge in [-0.3, -0.25) is 0 Å². The van der Waals surface area contributed by atoms with Crippen LogP contribution in [0.1, 0.15) is 24.0 Å². The lowest BCUT2D eigenvalue weighted by atomic mass is 9.79. The van der Waals surface area contributed by atoms with Crippen LogP contribution in [-0.2, 0) is 16.8 Å². The van der Waals surface area contributed by atoms with E-state index in [4.69, 9.17) is 5.11 Å². The lowest BCUT2D eigenvalue weighted by Gasteiger charge is -2.31. The Balaban J connectivity index is 2.61. The summed E-state index contributed by atoms with van der Waals surface area (Å²) in [6.45, 7) is 0. The summed E-state index contributed by atoms with van der Waals surface area (Å²) in [6, 6.07) is 5.31. The first-order chi connectivity index (χ1) is 7.05. The maximum atomic E-state index is 11.1. The van der Waals surface area contributed by atoms with E-state index in [1.807, 2.05) is 6.07 Å². The fraction of sp³-hybridized carbons (Fsp3) is 0.364. The molecule has 80 valence electrons. The van der Waals surface area contributed by atoms with E-state index in [2.05, 4.69) is 15.9 Å². The molecule has 2 N–H and O–H groups in total. The van der Waals surface area contributed by atoms with Gasteiger partial charge >= 0.3 is 5.97 Å². The van der Waals surface area contributed by atoms with Crippen LogP contribution in [0.5, 0.6) is 0 Å². The van der Waals surface area contributed by atoms with E-state index in [-0.39, 0.29) is 6.42 Å². The largest absolute Gasteiger partial charge is 0.479 e. The molecule has 0 fully saturated rings. The van der Waals surface area contributed by atoms with Crippen molar-refractivity contribution in [2.24, 2.45) is 0 Å². The average Bonchev–Trinajstić information content (AvgIpc) is 2.20. The van der Waals surface area contributed by atoms with Gasteiger partial charge in [0.05, 0.1) is 0 Å². The number of aliphatic carboxylic acids is 1. The van der Waals surface area contributed by atoms with Crippen molar-refractivity contribution in [2.45, 2.75) is 24.9 Å². The number of halogens is 1. The molecule has 0 saturated heterocycles. The Hall–Kier alpha value is -0.870. The van der Waals surface area contributed by atoms with E-state index in [0.717, 1.165) is 16.5 Å². The Kier molecular flexibility index (Phi) is 2.56. The van der Waals surface area contributed by atoms with Crippen LogP contribution >= 0.6 is 15.9 Å². The number of fused-ring (bicyclic) bond motifs is 1. The highest BCUT2D eigenvalue weighted by atomic mass is 79.9. The van der Waals surface area contributed by atoms with Crippen molar-refractivity contribution in [3.05, 3.63) is 33.8 Å². The lowest BCUT2D eigenvalue weighted by molar-refractivity contribution is -0.161. The normalized spacial score (nSPS) is 24.7. The van der Waals surface area contributed by atoms with Crippen molar-refractivity contribution in [3.8, 4) is 0 Å². The van der Waals surface area contributed by atoms with E-state index in [0.29, 0.717) is 12.0 Å². The van der Waals surface area contributed by atoms with Crippen LogP contribution in [-0.4, -0.2) is 16.2 Å². The lowest BCUT2D eigenvalue weighted by Crippen LogP contribution is -2.39. The van der Waals surface area contributed by atoms with Crippen LogP contribution in [0.3, 0.4) is 0 Å². The Morgan fingerprint density at radius 1 is 1.47 bits per heavy atom. The van der Waals surface area contributed by atoms with Crippen molar-refractivity contribution < 1.29 is 15.0 Å². The van der Waals surface area contributed by atoms with E-state index >= 15 is 0 Å². The zero-order chi connectivity index (χ0) is 11.1. The average molecular weight is 271 g/mol. The molecule has 0 saturated carbocycles. The Labute approximate surface area is 95.9 Å². The van der Waals surface area contributed by atoms with Crippen LogP contribution in [0.25, 0.3) is 0 Å². The Morgan fingerprint density at radius 3 is 2.87 bits per heavy atom. The van der Waals surface area contributed by atoms with Crippen molar-refractivity contribution in [1.29, 1.82) is 0 Å². The van der Waals surface area contributed by atoms with Gasteiger partial charge in [-0.1, -0.05) is 28.1 Å². The van der Waals surface area contributed by atoms with Crippen LogP contribution in [0.15, 0.2) is 22.7 Å². The van der Waals surface area contributed by atoms with Crippen molar-refractivity contribution >= 4 is 21.9 Å². The Morgan fingerprint density at radius 2 is 2.20 bits per heavy atom. The van der Waals surface area contributed by atoms with Gasteiger partial charge in [0.2, 0.25) is 0 Å². The summed E-state index contributed by atoms with van der Waals surface area (Å²) in [6.07, 6.45) is 1.79. The maximum absolute atomic E-state index is 11.1. The summed E-state index contributed by atoms with van der Waals surface area (Å²) in [4.78, 5) is 11.1. The molecule has 1 unspecified atom stereocenters. The van der Waals surface area contributed by atoms with Crippen LogP contribution in [0.2, 0.25) is 0 Å². The molecule has 1 aliphatic rings. The third-order valence-electron chi connectivity index (χ3n) is 2.88. The second kappa shape index (κ2) is 3.61. The van der Waals surface area contributed by atoms with Crippen LogP contribution in [0, 0.1) is 0 Å². The first-order valence-electron chi connectivity index (χ1n) is 4.79. The number of hydrogen-bond acceptors (Lipinski definition) is 2. The molecule has 1 aliphatic carbocycles. The number of carboxylic acids is 1. The molecule has 0 aliphatic heterocycles. The summed E-state index contributed by atoms with van der Waals surface area (Å²) in [5.41, 5.74) is -0.276. The highest BCUT2D eigenvalue weighted by Gasteiger charge is 2.41. The summed E-state index contributed by atoms with van der Waals surface area (Å²) in [5, 5.41) is 19.2. The third kappa shape index (κ3) is 1.58. The van der Waals surface area contributed by atoms with Gasteiger partial charge in [-0.25, -0.2) is 4.79 Å². The van der Waals surface area contributed by atoms with Gasteiger partial charge in [-0.15, -0.1) is 0 Å². The quantitative estimate of drug-likeness (QED) is 0.822. The Bertz CT molecular complexity index is 416. The number of hydrogen-bond donors (Lipinski definition) is 2. The molecule has 3 nitrogen and oxygen atoms in total. The fourth-order valence-electron chi connectivity index (χ4n) is 2.08. The number of carbonyl (C=O) groups is 1. The monoisotopic (exact) mass is 270 g/mol. The third-order valence-corrected chi connectivity index (χ3v) is 3.63. The molecule has 15 heavy (non-hydrogen) atoms. The highest BCUT2D eigenvalue weighted by molar-refractivity contribution is 9.10. The van der Waals surface area contributed by atoms with Crippen molar-refractivity contribution in [2.75, 3.05) is 0 Å². The predicted molar refractivity (Wildman–Crippen MR) is 58.6 cm³/mol. The number of benzene rings is 1. The molecule has 0 spiro atoms. The topological polar surface area (TPSA) is 57.5 Å². The molecule has 1 atom stereocenters. The zero-order valence-electron chi connectivity index (χ0n) is 8.03. The molecule has 4 heteroatoms. The van der Waals surface area contributed by atoms with E-state index < -0.39 is 11.6 Å². The van der Waals surface area contributed by atoms with E-state index in [9.17, 15) is 9.90 Å². The minimum atomic E-state index is -1.71. The smallest absolute Gasteiger partial charge is 0.340 e. The SMILES string of the molecule is O=C(O)C1(O)CCCc2c(Br)cccc21. The molecule has 1 aromatic rings. The molecule has 0 bridgehead atoms. The molecule has 0 radical (unpaired) electrons. The summed E-state index contributed by atoms with van der Waals surface area (Å²) >= 11 is 3.38. The zero-order valence-corrected chi connectivity index (χ0v) is 9.62. The first kappa shape index (κ1) is 10.6. The van der Waals surface area contributed by atoms with Crippen LogP contribution < -0.4 is 0 Å². The van der Waals surface area contributed by atoms with Crippen molar-refractivity contribution in [1.82, 2.24) is 0 Å². The van der Waals surface area contributed by atoms with Crippen LogP contribution in [0.4, 0.5) is 0 Å². The van der Waals surface area contributed by atoms with Gasteiger partial charge in [0, 0.05) is 4.47 Å². The first-order valence-corrected chi connectivity index (χ1v) is 5.58. The maximum Gasteiger partial charge on any atom is 0.340 e. The second-order valence-corrected chi connectivity index (χ2v) is 4.64. The summed E-state index contributed by atoms with van der Waals surface area (Å²) in [7, 11) is 0. The van der Waals surface area contributed by atoms with Gasteiger partial charge in [0.1, 0.15) is 0 Å². The van der Waals surface area contributed by atoms with Gasteiger partial charge in [0.25, 0.3) is 0 Å². The number of carboxylic acid groups (broad SMARTS) is 1. The van der Waals surface area contributed by atoms with Gasteiger partial charge in [0.15, 0.2) is 5.60 Å². The second-order valence-electron chi connectivity index (χ2n) is 3.78. The fourth-order valence-corrected chi connectivity index (χ4v) is 2.64. The highest BCUT2D eigenvalue weighted by Crippen LogP contribution is 2.38. The molecule has 0 amide bonds. The molecule has 0 heterocycles. The summed E-state index contributed by atoms with van der Waals surface area (Å²) in [5.74, 6) is -1.17. The van der Waals surface area contributed by atoms with Gasteiger partial charge in [-0.05, 0) is 36.5 Å². The molecular weight excluding hydrogens is 260 g/mol. The predicted octanol–water partition coefficient (Wildman–Crippen LogP) is 2.06. The molecule has 0 aromatic heterocycles. The number of rotatable bonds is 1. The number of aliphatic hydroxyl groups is 1. The minimum absolute atomic E-state index is 0.284. The standard InChI is InChI=1S/C11H11BrO3/c12-9-5-1-4-8-7(9)3-2-6-11(8,15)10(13)14/h1,4-5,15H,2-3,6H2,(H,13,14). The summed E-state index contributed by atoms with van der Waals surface area (Å²) < 4.78 is 0.874. The van der Waals surface area contributed by atoms with Crippen molar-refractivity contribution in [3.63, 3.8) is 0 Å². The van der Waals surface area contributed by atoms with E-state index in [1.165, 1.54) is 0 Å². The van der Waals surface area contributed by atoms with E-state index in [1.54, 1.807) is 12.1 Å². The molecular formula is C11H11BrO3. The van der Waals surface area contributed by atoms with Gasteiger partial charge in [-0.2, -0.15) is 0 Å².